The van der Waals surface area contributed by atoms with Gasteiger partial charge < -0.3 is 10.3 Å². The highest BCUT2D eigenvalue weighted by Gasteiger charge is 2.47. The van der Waals surface area contributed by atoms with Gasteiger partial charge in [0, 0.05) is 30.2 Å². The maximum Gasteiger partial charge on any atom is 0.248 e. The van der Waals surface area contributed by atoms with Gasteiger partial charge in [0.2, 0.25) is 11.5 Å². The van der Waals surface area contributed by atoms with Crippen LogP contribution >= 0.6 is 0 Å². The molecule has 4 heteroatoms. The minimum absolute atomic E-state index is 0.0538. The van der Waals surface area contributed by atoms with Crippen LogP contribution in [0.1, 0.15) is 38.4 Å². The SMILES string of the molecule is CC=C1[C@H]2C=C(C)C[C@]1(NC(C)=O)c1ccc(=O)[nH]c1C2. The fourth-order valence-electron chi connectivity index (χ4n) is 3.99. The van der Waals surface area contributed by atoms with Crippen molar-refractivity contribution in [1.82, 2.24) is 10.3 Å². The molecule has 2 aliphatic rings. The van der Waals surface area contributed by atoms with Crippen LogP contribution in [0, 0.1) is 5.92 Å². The summed E-state index contributed by atoms with van der Waals surface area (Å²) in [6, 6.07) is 3.41. The van der Waals surface area contributed by atoms with E-state index in [1.807, 2.05) is 13.0 Å². The molecule has 1 aromatic rings. The smallest absolute Gasteiger partial charge is 0.248 e. The van der Waals surface area contributed by atoms with E-state index in [2.05, 4.69) is 29.4 Å². The molecule has 0 spiro atoms. The molecule has 0 saturated heterocycles. The molecule has 2 atom stereocenters. The first-order valence-corrected chi connectivity index (χ1v) is 7.31. The van der Waals surface area contributed by atoms with Gasteiger partial charge in [0.25, 0.3) is 0 Å². The molecule has 0 aromatic carbocycles. The summed E-state index contributed by atoms with van der Waals surface area (Å²) in [6.45, 7) is 5.67. The largest absolute Gasteiger partial charge is 0.343 e. The van der Waals surface area contributed by atoms with Crippen LogP contribution in [-0.2, 0) is 16.8 Å². The van der Waals surface area contributed by atoms with Crippen molar-refractivity contribution in [2.75, 3.05) is 0 Å². The quantitative estimate of drug-likeness (QED) is 0.776. The van der Waals surface area contributed by atoms with Crippen molar-refractivity contribution in [3.05, 3.63) is 57.0 Å². The Bertz CT molecular complexity index is 727. The Morgan fingerprint density at radius 3 is 2.90 bits per heavy atom. The van der Waals surface area contributed by atoms with Crippen LogP contribution in [0.15, 0.2) is 40.2 Å². The van der Waals surface area contributed by atoms with Crippen LogP contribution in [0.2, 0.25) is 0 Å². The number of pyridine rings is 1. The zero-order valence-corrected chi connectivity index (χ0v) is 12.6. The van der Waals surface area contributed by atoms with E-state index in [1.54, 1.807) is 13.0 Å². The normalized spacial score (nSPS) is 28.8. The van der Waals surface area contributed by atoms with E-state index in [0.29, 0.717) is 0 Å². The molecule has 1 heterocycles. The summed E-state index contributed by atoms with van der Waals surface area (Å²) in [7, 11) is 0. The van der Waals surface area contributed by atoms with Gasteiger partial charge in [-0.25, -0.2) is 0 Å². The predicted molar refractivity (Wildman–Crippen MR) is 81.9 cm³/mol. The van der Waals surface area contributed by atoms with E-state index in [4.69, 9.17) is 0 Å². The van der Waals surface area contributed by atoms with Crippen molar-refractivity contribution < 1.29 is 4.79 Å². The third-order valence-corrected chi connectivity index (χ3v) is 4.51. The summed E-state index contributed by atoms with van der Waals surface area (Å²) < 4.78 is 0. The summed E-state index contributed by atoms with van der Waals surface area (Å²) in [4.78, 5) is 26.4. The fourth-order valence-corrected chi connectivity index (χ4v) is 3.99. The molecule has 3 rings (SSSR count). The van der Waals surface area contributed by atoms with Crippen molar-refractivity contribution in [1.29, 1.82) is 0 Å². The van der Waals surface area contributed by atoms with Crippen LogP contribution in [0.4, 0.5) is 0 Å². The Kier molecular flexibility index (Phi) is 3.12. The molecule has 0 aliphatic heterocycles. The molecule has 4 nitrogen and oxygen atoms in total. The Morgan fingerprint density at radius 1 is 1.48 bits per heavy atom. The number of allylic oxidation sites excluding steroid dienone is 2. The highest BCUT2D eigenvalue weighted by Crippen LogP contribution is 2.49. The van der Waals surface area contributed by atoms with Crippen molar-refractivity contribution in [2.24, 2.45) is 5.92 Å². The van der Waals surface area contributed by atoms with Crippen molar-refractivity contribution in [2.45, 2.75) is 39.2 Å². The van der Waals surface area contributed by atoms with E-state index in [-0.39, 0.29) is 17.4 Å². The number of nitrogens with one attached hydrogen (secondary N) is 2. The number of carbonyl (C=O) groups is 1. The molecule has 0 unspecified atom stereocenters. The number of H-pyrrole nitrogens is 1. The Balaban J connectivity index is 2.29. The van der Waals surface area contributed by atoms with Gasteiger partial charge in [-0.1, -0.05) is 17.7 Å². The number of aromatic nitrogens is 1. The average molecular weight is 284 g/mol. The summed E-state index contributed by atoms with van der Waals surface area (Å²) in [5.74, 6) is 0.183. The van der Waals surface area contributed by atoms with Gasteiger partial charge in [-0.3, -0.25) is 9.59 Å². The van der Waals surface area contributed by atoms with E-state index in [1.165, 1.54) is 11.1 Å². The standard InChI is InChI=1S/C17H20N2O2/c1-4-13-12-7-10(2)9-17(13,19-11(3)20)14-5-6-16(21)18-15(14)8-12/h4-7,12H,8-9H2,1-3H3,(H,18,21)(H,19,20)/t12-,17+/m0/s1. The lowest BCUT2D eigenvalue weighted by atomic mass is 9.63. The van der Waals surface area contributed by atoms with Gasteiger partial charge >= 0.3 is 0 Å². The molecule has 2 bridgehead atoms. The van der Waals surface area contributed by atoms with Gasteiger partial charge in [0.1, 0.15) is 0 Å². The fraction of sp³-hybridized carbons (Fsp3) is 0.412. The number of hydrogen-bond donors (Lipinski definition) is 2. The highest BCUT2D eigenvalue weighted by molar-refractivity contribution is 5.76. The number of hydrogen-bond acceptors (Lipinski definition) is 2. The second-order valence-corrected chi connectivity index (χ2v) is 6.05. The maximum absolute atomic E-state index is 11.8. The van der Waals surface area contributed by atoms with Crippen LogP contribution < -0.4 is 10.9 Å². The highest BCUT2D eigenvalue weighted by atomic mass is 16.1. The van der Waals surface area contributed by atoms with Crippen LogP contribution in [0.25, 0.3) is 0 Å². The number of carbonyl (C=O) groups excluding carboxylic acids is 1. The van der Waals surface area contributed by atoms with E-state index in [0.717, 1.165) is 24.1 Å². The lowest BCUT2D eigenvalue weighted by molar-refractivity contribution is -0.120. The molecule has 0 fully saturated rings. The Hall–Kier alpha value is -2.10. The zero-order valence-electron chi connectivity index (χ0n) is 12.6. The lowest BCUT2D eigenvalue weighted by Crippen LogP contribution is -2.53. The third-order valence-electron chi connectivity index (χ3n) is 4.51. The van der Waals surface area contributed by atoms with E-state index in [9.17, 15) is 9.59 Å². The van der Waals surface area contributed by atoms with Gasteiger partial charge in [0.15, 0.2) is 0 Å². The van der Waals surface area contributed by atoms with Gasteiger partial charge in [-0.05, 0) is 38.3 Å². The lowest BCUT2D eigenvalue weighted by Gasteiger charge is -2.47. The molecule has 2 aliphatic carbocycles. The monoisotopic (exact) mass is 284 g/mol. The number of amides is 1. The number of rotatable bonds is 1. The number of aromatic amines is 1. The molecule has 110 valence electrons. The Morgan fingerprint density at radius 2 is 2.24 bits per heavy atom. The van der Waals surface area contributed by atoms with Gasteiger partial charge in [0.05, 0.1) is 5.54 Å². The van der Waals surface area contributed by atoms with Gasteiger partial charge in [-0.15, -0.1) is 0 Å². The topological polar surface area (TPSA) is 62.0 Å². The van der Waals surface area contributed by atoms with Crippen LogP contribution in [0.5, 0.6) is 0 Å². The minimum atomic E-state index is -0.512. The molecule has 1 amide bonds. The van der Waals surface area contributed by atoms with Crippen LogP contribution in [-0.4, -0.2) is 10.9 Å². The first-order chi connectivity index (χ1) is 9.96. The summed E-state index contributed by atoms with van der Waals surface area (Å²) in [5, 5.41) is 3.16. The number of fused-ring (bicyclic) bond motifs is 4. The first kappa shape index (κ1) is 13.9. The molecule has 1 aromatic heterocycles. The van der Waals surface area contributed by atoms with Crippen LogP contribution in [0.3, 0.4) is 0 Å². The average Bonchev–Trinajstić information content (AvgIpc) is 2.36. The maximum atomic E-state index is 11.8. The molecule has 21 heavy (non-hydrogen) atoms. The summed E-state index contributed by atoms with van der Waals surface area (Å²) in [6.07, 6.45) is 5.90. The molecular weight excluding hydrogens is 264 g/mol. The second-order valence-electron chi connectivity index (χ2n) is 6.05. The first-order valence-electron chi connectivity index (χ1n) is 7.31. The molecule has 2 N–H and O–H groups in total. The molecule has 0 radical (unpaired) electrons. The summed E-state index contributed by atoms with van der Waals surface area (Å²) in [5.41, 5.74) is 3.86. The molecular formula is C17H20N2O2. The van der Waals surface area contributed by atoms with E-state index >= 15 is 0 Å². The predicted octanol–water partition coefficient (Wildman–Crippen LogP) is 2.17. The van der Waals surface area contributed by atoms with E-state index < -0.39 is 5.54 Å². The Labute approximate surface area is 124 Å². The summed E-state index contributed by atoms with van der Waals surface area (Å²) >= 11 is 0. The zero-order chi connectivity index (χ0) is 15.2. The molecule has 0 saturated carbocycles. The van der Waals surface area contributed by atoms with Crippen molar-refractivity contribution in [3.8, 4) is 0 Å². The van der Waals surface area contributed by atoms with Crippen molar-refractivity contribution in [3.63, 3.8) is 0 Å². The van der Waals surface area contributed by atoms with Crippen molar-refractivity contribution >= 4 is 5.91 Å². The minimum Gasteiger partial charge on any atom is -0.343 e. The third kappa shape index (κ3) is 2.06. The second kappa shape index (κ2) is 4.72. The van der Waals surface area contributed by atoms with Gasteiger partial charge in [-0.2, -0.15) is 0 Å².